The molecule has 0 saturated carbocycles. The molecule has 1 aromatic rings. The predicted molar refractivity (Wildman–Crippen MR) is 90.8 cm³/mol. The minimum Gasteiger partial charge on any atom is -0.350 e. The van der Waals surface area contributed by atoms with Crippen molar-refractivity contribution in [1.29, 1.82) is 0 Å². The lowest BCUT2D eigenvalue weighted by Gasteiger charge is -2.30. The van der Waals surface area contributed by atoms with Gasteiger partial charge >= 0.3 is 0 Å². The molecule has 0 radical (unpaired) electrons. The molecule has 6 heteroatoms. The van der Waals surface area contributed by atoms with E-state index in [9.17, 15) is 13.2 Å². The van der Waals surface area contributed by atoms with E-state index in [1.807, 2.05) is 13.8 Å². The van der Waals surface area contributed by atoms with E-state index >= 15 is 0 Å². The maximum atomic E-state index is 12.7. The van der Waals surface area contributed by atoms with Crippen molar-refractivity contribution in [2.75, 3.05) is 13.1 Å². The normalized spacial score (nSPS) is 20.9. The summed E-state index contributed by atoms with van der Waals surface area (Å²) in [5.41, 5.74) is 0.483. The zero-order chi connectivity index (χ0) is 17.0. The molecule has 1 N–H and O–H groups in total. The van der Waals surface area contributed by atoms with E-state index in [4.69, 9.17) is 0 Å². The Morgan fingerprint density at radius 2 is 2.00 bits per heavy atom. The Morgan fingerprint density at radius 3 is 2.57 bits per heavy atom. The summed E-state index contributed by atoms with van der Waals surface area (Å²) in [5, 5.41) is 2.87. The van der Waals surface area contributed by atoms with Gasteiger partial charge in [-0.05, 0) is 56.4 Å². The van der Waals surface area contributed by atoms with E-state index in [0.717, 1.165) is 19.3 Å². The number of piperidine rings is 1. The molecule has 0 aliphatic carbocycles. The maximum Gasteiger partial charge on any atom is 0.251 e. The summed E-state index contributed by atoms with van der Waals surface area (Å²) in [4.78, 5) is 12.3. The van der Waals surface area contributed by atoms with Gasteiger partial charge in [0.1, 0.15) is 0 Å². The van der Waals surface area contributed by atoms with Gasteiger partial charge in [-0.1, -0.05) is 13.8 Å². The van der Waals surface area contributed by atoms with Crippen LogP contribution < -0.4 is 5.32 Å². The molecule has 2 rings (SSSR count). The molecule has 2 unspecified atom stereocenters. The monoisotopic (exact) mass is 338 g/mol. The Balaban J connectivity index is 2.13. The van der Waals surface area contributed by atoms with Crippen molar-refractivity contribution in [3.63, 3.8) is 0 Å². The van der Waals surface area contributed by atoms with Crippen LogP contribution in [-0.4, -0.2) is 37.8 Å². The van der Waals surface area contributed by atoms with Crippen molar-refractivity contribution in [2.45, 2.75) is 51.0 Å². The first-order valence-electron chi connectivity index (χ1n) is 8.25. The first-order valence-corrected chi connectivity index (χ1v) is 9.69. The van der Waals surface area contributed by atoms with Crippen LogP contribution in [0.5, 0.6) is 0 Å². The second-order valence-electron chi connectivity index (χ2n) is 6.42. The van der Waals surface area contributed by atoms with Crippen LogP contribution in [0.3, 0.4) is 0 Å². The molecule has 128 valence electrons. The number of hydrogen-bond donors (Lipinski definition) is 1. The number of amides is 1. The summed E-state index contributed by atoms with van der Waals surface area (Å²) >= 11 is 0. The smallest absolute Gasteiger partial charge is 0.251 e. The summed E-state index contributed by atoms with van der Waals surface area (Å²) in [6.45, 7) is 7.15. The average Bonchev–Trinajstić information content (AvgIpc) is 2.54. The fourth-order valence-electron chi connectivity index (χ4n) is 2.70. The van der Waals surface area contributed by atoms with Crippen molar-refractivity contribution in [3.8, 4) is 0 Å². The van der Waals surface area contributed by atoms with Crippen LogP contribution in [-0.2, 0) is 10.0 Å². The second kappa shape index (κ2) is 7.45. The van der Waals surface area contributed by atoms with Crippen LogP contribution in [0, 0.1) is 5.92 Å². The molecule has 1 fully saturated rings. The predicted octanol–water partition coefficient (Wildman–Crippen LogP) is 2.64. The highest BCUT2D eigenvalue weighted by molar-refractivity contribution is 7.89. The first-order chi connectivity index (χ1) is 10.8. The molecular formula is C17H26N2O3S. The van der Waals surface area contributed by atoms with Crippen molar-refractivity contribution in [2.24, 2.45) is 5.92 Å². The topological polar surface area (TPSA) is 66.5 Å². The van der Waals surface area contributed by atoms with Gasteiger partial charge in [-0.3, -0.25) is 4.79 Å². The van der Waals surface area contributed by atoms with Crippen LogP contribution in [0.4, 0.5) is 0 Å². The average molecular weight is 338 g/mol. The van der Waals surface area contributed by atoms with Crippen LogP contribution in [0.2, 0.25) is 0 Å². The van der Waals surface area contributed by atoms with Gasteiger partial charge in [0, 0.05) is 24.7 Å². The van der Waals surface area contributed by atoms with Gasteiger partial charge in [-0.15, -0.1) is 0 Å². The van der Waals surface area contributed by atoms with Crippen LogP contribution >= 0.6 is 0 Å². The summed E-state index contributed by atoms with van der Waals surface area (Å²) in [6, 6.07) is 6.32. The van der Waals surface area contributed by atoms with E-state index in [1.165, 1.54) is 12.1 Å². The van der Waals surface area contributed by atoms with Gasteiger partial charge < -0.3 is 5.32 Å². The fraction of sp³-hybridized carbons (Fsp3) is 0.588. The standard InChI is InChI=1S/C17H26N2O3S/c1-4-14(3)18-17(20)15-7-9-16(10-8-15)23(21,22)19-11-5-6-13(2)12-19/h7-10,13-14H,4-6,11-12H2,1-3H3,(H,18,20). The SMILES string of the molecule is CCC(C)NC(=O)c1ccc(S(=O)(=O)N2CCCC(C)C2)cc1. The van der Waals surface area contributed by atoms with E-state index in [0.29, 0.717) is 24.6 Å². The largest absolute Gasteiger partial charge is 0.350 e. The van der Waals surface area contributed by atoms with Crippen molar-refractivity contribution < 1.29 is 13.2 Å². The van der Waals surface area contributed by atoms with Gasteiger partial charge in [0.05, 0.1) is 4.90 Å². The van der Waals surface area contributed by atoms with Crippen LogP contribution in [0.15, 0.2) is 29.2 Å². The molecule has 1 heterocycles. The zero-order valence-corrected chi connectivity index (χ0v) is 14.9. The molecule has 1 amide bonds. The summed E-state index contributed by atoms with van der Waals surface area (Å²) in [6.07, 6.45) is 2.82. The highest BCUT2D eigenvalue weighted by Gasteiger charge is 2.28. The third kappa shape index (κ3) is 4.32. The van der Waals surface area contributed by atoms with E-state index in [2.05, 4.69) is 12.2 Å². The number of rotatable bonds is 5. The van der Waals surface area contributed by atoms with Crippen molar-refractivity contribution in [1.82, 2.24) is 9.62 Å². The highest BCUT2D eigenvalue weighted by Crippen LogP contribution is 2.23. The lowest BCUT2D eigenvalue weighted by atomic mass is 10.0. The highest BCUT2D eigenvalue weighted by atomic mass is 32.2. The number of carbonyl (C=O) groups is 1. The number of carbonyl (C=O) groups excluding carboxylic acids is 1. The third-order valence-corrected chi connectivity index (χ3v) is 6.24. The van der Waals surface area contributed by atoms with Crippen LogP contribution in [0.25, 0.3) is 0 Å². The summed E-state index contributed by atoms with van der Waals surface area (Å²) < 4.78 is 26.9. The fourth-order valence-corrected chi connectivity index (χ4v) is 4.30. The Labute approximate surface area is 139 Å². The second-order valence-corrected chi connectivity index (χ2v) is 8.36. The van der Waals surface area contributed by atoms with Gasteiger partial charge in [0.25, 0.3) is 5.91 Å². The Bertz CT molecular complexity index is 640. The molecule has 5 nitrogen and oxygen atoms in total. The number of benzene rings is 1. The molecule has 2 atom stereocenters. The number of nitrogens with zero attached hydrogens (tertiary/aromatic N) is 1. The molecule has 0 spiro atoms. The maximum absolute atomic E-state index is 12.7. The van der Waals surface area contributed by atoms with Crippen molar-refractivity contribution >= 4 is 15.9 Å². The lowest BCUT2D eigenvalue weighted by molar-refractivity contribution is 0.0939. The van der Waals surface area contributed by atoms with Crippen LogP contribution in [0.1, 0.15) is 50.4 Å². The Hall–Kier alpha value is -1.40. The zero-order valence-electron chi connectivity index (χ0n) is 14.1. The quantitative estimate of drug-likeness (QED) is 0.897. The van der Waals surface area contributed by atoms with Gasteiger partial charge in [0.2, 0.25) is 10.0 Å². The molecule has 1 aliphatic rings. The molecule has 1 aliphatic heterocycles. The summed E-state index contributed by atoms with van der Waals surface area (Å²) in [5.74, 6) is 0.217. The van der Waals surface area contributed by atoms with E-state index in [-0.39, 0.29) is 16.8 Å². The minimum absolute atomic E-state index is 0.0979. The third-order valence-electron chi connectivity index (χ3n) is 4.36. The molecule has 0 bridgehead atoms. The minimum atomic E-state index is -3.46. The number of nitrogens with one attached hydrogen (secondary N) is 1. The first kappa shape index (κ1) is 17.9. The molecule has 1 aromatic carbocycles. The Kier molecular flexibility index (Phi) is 5.81. The lowest BCUT2D eigenvalue weighted by Crippen LogP contribution is -2.39. The van der Waals surface area contributed by atoms with E-state index < -0.39 is 10.0 Å². The Morgan fingerprint density at radius 1 is 1.35 bits per heavy atom. The van der Waals surface area contributed by atoms with Crippen molar-refractivity contribution in [3.05, 3.63) is 29.8 Å². The van der Waals surface area contributed by atoms with Gasteiger partial charge in [0.15, 0.2) is 0 Å². The van der Waals surface area contributed by atoms with E-state index in [1.54, 1.807) is 16.4 Å². The summed E-state index contributed by atoms with van der Waals surface area (Å²) in [7, 11) is -3.46. The molecular weight excluding hydrogens is 312 g/mol. The molecule has 23 heavy (non-hydrogen) atoms. The van der Waals surface area contributed by atoms with Gasteiger partial charge in [-0.2, -0.15) is 4.31 Å². The van der Waals surface area contributed by atoms with Gasteiger partial charge in [-0.25, -0.2) is 8.42 Å². The molecule has 1 saturated heterocycles. The number of sulfonamides is 1. The molecule has 0 aromatic heterocycles. The number of hydrogen-bond acceptors (Lipinski definition) is 3.